The fourth-order valence-electron chi connectivity index (χ4n) is 2.18. The molecule has 1 heterocycles. The molecule has 0 radical (unpaired) electrons. The molecule has 1 aromatic rings. The standard InChI is InChI=1S/C13H17IN2O/c1-16(12-5-7-15-8-6-12)13(17)10-3-2-4-11(14)9-10/h2-4,9,12,15H,5-8H2,1H3. The second-order valence-electron chi connectivity index (χ2n) is 4.41. The molecule has 0 bridgehead atoms. The molecule has 1 N–H and O–H groups in total. The van der Waals surface area contributed by atoms with Crippen LogP contribution in [0.15, 0.2) is 24.3 Å². The van der Waals surface area contributed by atoms with E-state index in [4.69, 9.17) is 0 Å². The van der Waals surface area contributed by atoms with Crippen LogP contribution in [-0.4, -0.2) is 37.0 Å². The summed E-state index contributed by atoms with van der Waals surface area (Å²) in [5.74, 6) is 0.135. The van der Waals surface area contributed by atoms with Gasteiger partial charge in [-0.05, 0) is 66.7 Å². The second kappa shape index (κ2) is 5.82. The third kappa shape index (κ3) is 3.19. The Balaban J connectivity index is 2.08. The lowest BCUT2D eigenvalue weighted by Crippen LogP contribution is -2.43. The van der Waals surface area contributed by atoms with Crippen molar-refractivity contribution in [3.8, 4) is 0 Å². The number of hydrogen-bond acceptors (Lipinski definition) is 2. The zero-order valence-electron chi connectivity index (χ0n) is 9.95. The van der Waals surface area contributed by atoms with Crippen molar-refractivity contribution < 1.29 is 4.79 Å². The van der Waals surface area contributed by atoms with E-state index in [9.17, 15) is 4.79 Å². The van der Waals surface area contributed by atoms with Crippen molar-refractivity contribution in [1.29, 1.82) is 0 Å². The summed E-state index contributed by atoms with van der Waals surface area (Å²) < 4.78 is 1.10. The predicted octanol–water partition coefficient (Wildman–Crippen LogP) is 2.12. The van der Waals surface area contributed by atoms with Gasteiger partial charge in [0.15, 0.2) is 0 Å². The smallest absolute Gasteiger partial charge is 0.253 e. The predicted molar refractivity (Wildman–Crippen MR) is 77.1 cm³/mol. The molecule has 0 atom stereocenters. The van der Waals surface area contributed by atoms with Gasteiger partial charge in [-0.15, -0.1) is 0 Å². The highest BCUT2D eigenvalue weighted by Crippen LogP contribution is 2.15. The van der Waals surface area contributed by atoms with Crippen molar-refractivity contribution in [2.75, 3.05) is 20.1 Å². The van der Waals surface area contributed by atoms with Gasteiger partial charge in [0, 0.05) is 22.2 Å². The summed E-state index contributed by atoms with van der Waals surface area (Å²) >= 11 is 2.24. The Bertz CT molecular complexity index is 402. The van der Waals surface area contributed by atoms with Gasteiger partial charge in [0.25, 0.3) is 5.91 Å². The number of carbonyl (C=O) groups excluding carboxylic acids is 1. The van der Waals surface area contributed by atoms with Crippen LogP contribution in [0.1, 0.15) is 23.2 Å². The van der Waals surface area contributed by atoms with E-state index >= 15 is 0 Å². The minimum Gasteiger partial charge on any atom is -0.339 e. The number of rotatable bonds is 2. The quantitative estimate of drug-likeness (QED) is 0.834. The average Bonchev–Trinajstić information content (AvgIpc) is 2.38. The summed E-state index contributed by atoms with van der Waals surface area (Å²) in [5, 5.41) is 3.32. The average molecular weight is 344 g/mol. The normalized spacial score (nSPS) is 16.8. The van der Waals surface area contributed by atoms with Gasteiger partial charge in [0.2, 0.25) is 0 Å². The Hall–Kier alpha value is -0.620. The summed E-state index contributed by atoms with van der Waals surface area (Å²) in [4.78, 5) is 14.2. The number of halogens is 1. The molecule has 0 aliphatic carbocycles. The molecule has 0 spiro atoms. The van der Waals surface area contributed by atoms with Crippen LogP contribution in [0.25, 0.3) is 0 Å². The Morgan fingerprint density at radius 2 is 2.12 bits per heavy atom. The fourth-order valence-corrected chi connectivity index (χ4v) is 2.73. The van der Waals surface area contributed by atoms with Gasteiger partial charge >= 0.3 is 0 Å². The SMILES string of the molecule is CN(C(=O)c1cccc(I)c1)C1CCNCC1. The highest BCUT2D eigenvalue weighted by molar-refractivity contribution is 14.1. The molecule has 3 nitrogen and oxygen atoms in total. The number of hydrogen-bond donors (Lipinski definition) is 1. The lowest BCUT2D eigenvalue weighted by atomic mass is 10.0. The molecule has 1 saturated heterocycles. The minimum absolute atomic E-state index is 0.135. The van der Waals surface area contributed by atoms with Crippen molar-refractivity contribution in [3.05, 3.63) is 33.4 Å². The fraction of sp³-hybridized carbons (Fsp3) is 0.462. The minimum atomic E-state index is 0.135. The molecule has 4 heteroatoms. The summed E-state index contributed by atoms with van der Waals surface area (Å²) in [6.07, 6.45) is 2.10. The first-order valence-electron chi connectivity index (χ1n) is 5.92. The van der Waals surface area contributed by atoms with Crippen LogP contribution in [0, 0.1) is 3.57 Å². The van der Waals surface area contributed by atoms with Crippen molar-refractivity contribution >= 4 is 28.5 Å². The van der Waals surface area contributed by atoms with Crippen LogP contribution in [0.4, 0.5) is 0 Å². The van der Waals surface area contributed by atoms with E-state index in [1.807, 2.05) is 36.2 Å². The molecular formula is C13H17IN2O. The molecule has 1 aliphatic rings. The van der Waals surface area contributed by atoms with E-state index in [0.717, 1.165) is 35.1 Å². The maximum atomic E-state index is 12.3. The lowest BCUT2D eigenvalue weighted by Gasteiger charge is -2.31. The largest absolute Gasteiger partial charge is 0.339 e. The number of nitrogens with zero attached hydrogens (tertiary/aromatic N) is 1. The first kappa shape index (κ1) is 12.8. The van der Waals surface area contributed by atoms with Crippen LogP contribution in [0.2, 0.25) is 0 Å². The number of carbonyl (C=O) groups is 1. The summed E-state index contributed by atoms with van der Waals surface area (Å²) in [6, 6.07) is 8.15. The van der Waals surface area contributed by atoms with E-state index in [1.165, 1.54) is 0 Å². The summed E-state index contributed by atoms with van der Waals surface area (Å²) in [5.41, 5.74) is 0.790. The molecule has 0 aromatic heterocycles. The third-order valence-corrected chi connectivity index (χ3v) is 3.92. The molecule has 92 valence electrons. The molecule has 17 heavy (non-hydrogen) atoms. The van der Waals surface area contributed by atoms with Crippen molar-refractivity contribution in [2.24, 2.45) is 0 Å². The number of amides is 1. The monoisotopic (exact) mass is 344 g/mol. The van der Waals surface area contributed by atoms with Crippen LogP contribution >= 0.6 is 22.6 Å². The maximum Gasteiger partial charge on any atom is 0.253 e. The molecule has 2 rings (SSSR count). The van der Waals surface area contributed by atoms with Gasteiger partial charge in [-0.25, -0.2) is 0 Å². The summed E-state index contributed by atoms with van der Waals surface area (Å²) in [7, 11) is 1.91. The Kier molecular flexibility index (Phi) is 4.39. The zero-order chi connectivity index (χ0) is 12.3. The first-order valence-corrected chi connectivity index (χ1v) is 7.00. The van der Waals surface area contributed by atoms with Crippen molar-refractivity contribution in [3.63, 3.8) is 0 Å². The Morgan fingerprint density at radius 1 is 1.41 bits per heavy atom. The highest BCUT2D eigenvalue weighted by Gasteiger charge is 2.22. The van der Waals surface area contributed by atoms with E-state index in [-0.39, 0.29) is 5.91 Å². The lowest BCUT2D eigenvalue weighted by molar-refractivity contribution is 0.0703. The highest BCUT2D eigenvalue weighted by atomic mass is 127. The Labute approximate surface area is 116 Å². The van der Waals surface area contributed by atoms with Gasteiger partial charge in [-0.1, -0.05) is 6.07 Å². The topological polar surface area (TPSA) is 32.3 Å². The number of piperidine rings is 1. The molecule has 1 aromatic carbocycles. The van der Waals surface area contributed by atoms with Gasteiger partial charge in [-0.3, -0.25) is 4.79 Å². The van der Waals surface area contributed by atoms with Crippen LogP contribution in [0.5, 0.6) is 0 Å². The molecular weight excluding hydrogens is 327 g/mol. The molecule has 0 unspecified atom stereocenters. The number of benzene rings is 1. The van der Waals surface area contributed by atoms with Gasteiger partial charge < -0.3 is 10.2 Å². The van der Waals surface area contributed by atoms with E-state index in [2.05, 4.69) is 27.9 Å². The van der Waals surface area contributed by atoms with Crippen molar-refractivity contribution in [2.45, 2.75) is 18.9 Å². The van der Waals surface area contributed by atoms with E-state index in [0.29, 0.717) is 6.04 Å². The van der Waals surface area contributed by atoms with Gasteiger partial charge in [0.1, 0.15) is 0 Å². The molecule has 1 aliphatic heterocycles. The second-order valence-corrected chi connectivity index (χ2v) is 5.65. The van der Waals surface area contributed by atoms with Crippen molar-refractivity contribution in [1.82, 2.24) is 10.2 Å². The van der Waals surface area contributed by atoms with Crippen LogP contribution < -0.4 is 5.32 Å². The maximum absolute atomic E-state index is 12.3. The zero-order valence-corrected chi connectivity index (χ0v) is 12.1. The van der Waals surface area contributed by atoms with Crippen LogP contribution in [0.3, 0.4) is 0 Å². The van der Waals surface area contributed by atoms with E-state index < -0.39 is 0 Å². The molecule has 1 amide bonds. The third-order valence-electron chi connectivity index (χ3n) is 3.25. The molecule has 0 saturated carbocycles. The molecule has 1 fully saturated rings. The first-order chi connectivity index (χ1) is 8.18. The summed E-state index contributed by atoms with van der Waals surface area (Å²) in [6.45, 7) is 2.02. The number of nitrogens with one attached hydrogen (secondary N) is 1. The Morgan fingerprint density at radius 3 is 2.76 bits per heavy atom. The van der Waals surface area contributed by atoms with E-state index in [1.54, 1.807) is 0 Å². The van der Waals surface area contributed by atoms with Gasteiger partial charge in [0.05, 0.1) is 0 Å². The van der Waals surface area contributed by atoms with Gasteiger partial charge in [-0.2, -0.15) is 0 Å². The van der Waals surface area contributed by atoms with Crippen LogP contribution in [-0.2, 0) is 0 Å².